The molecule has 0 saturated heterocycles. The molecule has 2 aromatic carbocycles. The summed E-state index contributed by atoms with van der Waals surface area (Å²) in [7, 11) is -3.85. The zero-order valence-electron chi connectivity index (χ0n) is 24.3. The van der Waals surface area contributed by atoms with Crippen LogP contribution in [0.5, 0.6) is 5.75 Å². The molecule has 6 heteroatoms. The molecule has 200 valence electrons. The van der Waals surface area contributed by atoms with Crippen LogP contribution in [0.4, 0.5) is 4.39 Å². The van der Waals surface area contributed by atoms with Crippen LogP contribution in [0.2, 0.25) is 36.3 Å². The van der Waals surface area contributed by atoms with Crippen LogP contribution in [0, 0.1) is 29.5 Å². The highest BCUT2D eigenvalue weighted by atomic mass is 28.4. The summed E-state index contributed by atoms with van der Waals surface area (Å²) in [5.74, 6) is 11.7. The number of hydrogen-bond acceptors (Lipinski definition) is 3. The second kappa shape index (κ2) is 12.5. The van der Waals surface area contributed by atoms with E-state index in [-0.39, 0.29) is 34.6 Å². The lowest BCUT2D eigenvalue weighted by atomic mass is 10.1. The molecule has 0 aliphatic carbocycles. The molecule has 0 atom stereocenters. The van der Waals surface area contributed by atoms with Gasteiger partial charge in [0.25, 0.3) is 0 Å². The second-order valence-electron chi connectivity index (χ2n) is 12.2. The molecule has 2 rings (SSSR count). The lowest BCUT2D eigenvalue weighted by molar-refractivity contribution is 0.198. The van der Waals surface area contributed by atoms with E-state index < -0.39 is 22.5 Å². The molecule has 0 bridgehead atoms. The smallest absolute Gasteiger partial charge is 0.193 e. The fraction of sp³-hybridized carbons (Fsp3) is 0.484. The molecule has 0 amide bonds. The van der Waals surface area contributed by atoms with Crippen molar-refractivity contribution in [2.45, 2.75) is 77.8 Å². The van der Waals surface area contributed by atoms with E-state index in [0.29, 0.717) is 12.2 Å². The highest BCUT2D eigenvalue weighted by Crippen LogP contribution is 2.37. The molecule has 0 heterocycles. The van der Waals surface area contributed by atoms with Crippen LogP contribution in [-0.2, 0) is 8.85 Å². The van der Waals surface area contributed by atoms with Crippen LogP contribution in [0.25, 0.3) is 0 Å². The van der Waals surface area contributed by atoms with Crippen molar-refractivity contribution < 1.29 is 18.0 Å². The summed E-state index contributed by atoms with van der Waals surface area (Å²) >= 11 is 0. The first-order valence-electron chi connectivity index (χ1n) is 12.8. The first kappa shape index (κ1) is 30.9. The molecule has 0 N–H and O–H groups in total. The van der Waals surface area contributed by atoms with Crippen molar-refractivity contribution in [1.29, 1.82) is 0 Å². The molecule has 0 fully saturated rings. The van der Waals surface area contributed by atoms with Gasteiger partial charge in [0.05, 0.1) is 24.3 Å². The Hall–Kier alpha value is -2.36. The van der Waals surface area contributed by atoms with Crippen LogP contribution < -0.4 is 4.74 Å². The summed E-state index contributed by atoms with van der Waals surface area (Å²) in [6.07, 6.45) is 0. The average molecular weight is 539 g/mol. The third kappa shape index (κ3) is 8.87. The largest absolute Gasteiger partial charge is 0.487 e. The minimum Gasteiger partial charge on any atom is -0.487 e. The van der Waals surface area contributed by atoms with Gasteiger partial charge >= 0.3 is 0 Å². The standard InChI is InChI=1S/C31H43FO3Si2/c1-30(2,3)36(7,8)34-22-14-17-26-20-21-27(19-18-25-15-12-11-13-16-25)29(28(26)32)33-23-24-35-37(9,10)31(4,5)6/h11-13,15-16,20-21H,22-24H2,1-10H3. The van der Waals surface area contributed by atoms with Gasteiger partial charge in [0.2, 0.25) is 0 Å². The number of rotatable bonds is 7. The van der Waals surface area contributed by atoms with E-state index in [1.165, 1.54) is 0 Å². The molecule has 3 nitrogen and oxygen atoms in total. The van der Waals surface area contributed by atoms with E-state index in [1.54, 1.807) is 12.1 Å². The molecule has 0 radical (unpaired) electrons. The summed E-state index contributed by atoms with van der Waals surface area (Å²) in [6, 6.07) is 13.0. The molecule has 0 aromatic heterocycles. The quantitative estimate of drug-likeness (QED) is 0.203. The third-order valence-electron chi connectivity index (χ3n) is 7.35. The molecule has 0 spiro atoms. The maximum Gasteiger partial charge on any atom is 0.193 e. The average Bonchev–Trinajstić information content (AvgIpc) is 2.79. The van der Waals surface area contributed by atoms with Crippen LogP contribution in [0.3, 0.4) is 0 Å². The van der Waals surface area contributed by atoms with Crippen molar-refractivity contribution >= 4 is 16.6 Å². The summed E-state index contributed by atoms with van der Waals surface area (Å²) < 4.78 is 33.9. The van der Waals surface area contributed by atoms with Gasteiger partial charge in [-0.05, 0) is 60.5 Å². The molecule has 0 aliphatic rings. The van der Waals surface area contributed by atoms with Crippen molar-refractivity contribution in [1.82, 2.24) is 0 Å². The predicted molar refractivity (Wildman–Crippen MR) is 157 cm³/mol. The lowest BCUT2D eigenvalue weighted by Gasteiger charge is -2.36. The van der Waals surface area contributed by atoms with E-state index in [0.717, 1.165) is 5.56 Å². The van der Waals surface area contributed by atoms with Gasteiger partial charge in [0, 0.05) is 5.56 Å². The Balaban J connectivity index is 2.27. The Morgan fingerprint density at radius 2 is 1.27 bits per heavy atom. The van der Waals surface area contributed by atoms with Crippen molar-refractivity contribution in [3.8, 4) is 29.4 Å². The Bertz CT molecular complexity index is 1170. The van der Waals surface area contributed by atoms with Gasteiger partial charge in [-0.2, -0.15) is 0 Å². The number of benzene rings is 2. The lowest BCUT2D eigenvalue weighted by Crippen LogP contribution is -2.41. The fourth-order valence-corrected chi connectivity index (χ4v) is 4.67. The molecule has 0 unspecified atom stereocenters. The second-order valence-corrected chi connectivity index (χ2v) is 21.8. The summed E-state index contributed by atoms with van der Waals surface area (Å²) in [5, 5.41) is 0.180. The first-order valence-corrected chi connectivity index (χ1v) is 18.7. The van der Waals surface area contributed by atoms with Gasteiger partial charge in [0.1, 0.15) is 6.61 Å². The SMILES string of the molecule is CC(C)(C)[Si](C)(C)OCC#Cc1ccc(C#Cc2ccccc2)c(OCCO[Si](C)(C)C(C)(C)C)c1F. The minimum atomic E-state index is -1.93. The summed E-state index contributed by atoms with van der Waals surface area (Å²) in [4.78, 5) is 0. The van der Waals surface area contributed by atoms with E-state index >= 15 is 4.39 Å². The topological polar surface area (TPSA) is 27.7 Å². The van der Waals surface area contributed by atoms with Gasteiger partial charge in [0.15, 0.2) is 28.2 Å². The number of ether oxygens (including phenoxy) is 1. The zero-order chi connectivity index (χ0) is 27.9. The van der Waals surface area contributed by atoms with Crippen LogP contribution in [0.1, 0.15) is 58.2 Å². The number of hydrogen-bond donors (Lipinski definition) is 0. The molecule has 0 aliphatic heterocycles. The third-order valence-corrected chi connectivity index (χ3v) is 16.4. The van der Waals surface area contributed by atoms with Gasteiger partial charge in [-0.1, -0.05) is 83.4 Å². The highest BCUT2D eigenvalue weighted by molar-refractivity contribution is 6.74. The molecular weight excluding hydrogens is 496 g/mol. The molecular formula is C31H43FO3Si2. The monoisotopic (exact) mass is 538 g/mol. The predicted octanol–water partition coefficient (Wildman–Crippen LogP) is 8.00. The normalized spacial score (nSPS) is 12.3. The van der Waals surface area contributed by atoms with Gasteiger partial charge in [-0.3, -0.25) is 0 Å². The summed E-state index contributed by atoms with van der Waals surface area (Å²) in [5.41, 5.74) is 1.60. The van der Waals surface area contributed by atoms with E-state index in [4.69, 9.17) is 13.6 Å². The van der Waals surface area contributed by atoms with Gasteiger partial charge in [-0.25, -0.2) is 4.39 Å². The maximum absolute atomic E-state index is 15.6. The molecule has 0 saturated carbocycles. The van der Waals surface area contributed by atoms with Crippen LogP contribution in [-0.4, -0.2) is 36.5 Å². The number of halogens is 1. The Morgan fingerprint density at radius 3 is 1.86 bits per heavy atom. The van der Waals surface area contributed by atoms with Gasteiger partial charge in [-0.15, -0.1) is 0 Å². The fourth-order valence-electron chi connectivity index (χ4n) is 2.77. The van der Waals surface area contributed by atoms with Crippen molar-refractivity contribution in [3.63, 3.8) is 0 Å². The maximum atomic E-state index is 15.6. The van der Waals surface area contributed by atoms with Gasteiger partial charge < -0.3 is 13.6 Å². The van der Waals surface area contributed by atoms with E-state index in [9.17, 15) is 0 Å². The minimum absolute atomic E-state index is 0.0898. The van der Waals surface area contributed by atoms with Crippen LogP contribution in [0.15, 0.2) is 42.5 Å². The van der Waals surface area contributed by atoms with Crippen molar-refractivity contribution in [2.75, 3.05) is 19.8 Å². The highest BCUT2D eigenvalue weighted by Gasteiger charge is 2.37. The summed E-state index contributed by atoms with van der Waals surface area (Å²) in [6.45, 7) is 22.7. The van der Waals surface area contributed by atoms with E-state index in [2.05, 4.69) is 91.4 Å². The Morgan fingerprint density at radius 1 is 0.703 bits per heavy atom. The zero-order valence-corrected chi connectivity index (χ0v) is 26.3. The first-order chi connectivity index (χ1) is 17.1. The van der Waals surface area contributed by atoms with Crippen molar-refractivity contribution in [3.05, 3.63) is 65.0 Å². The molecule has 37 heavy (non-hydrogen) atoms. The Labute approximate surface area is 226 Å². The Kier molecular flexibility index (Phi) is 10.4. The molecule has 2 aromatic rings. The van der Waals surface area contributed by atoms with Crippen LogP contribution >= 0.6 is 0 Å². The van der Waals surface area contributed by atoms with E-state index in [1.807, 2.05) is 30.3 Å². The van der Waals surface area contributed by atoms with Crippen molar-refractivity contribution in [2.24, 2.45) is 0 Å².